The Kier molecular flexibility index (Phi) is 6.45. The van der Waals surface area contributed by atoms with Crippen LogP contribution in [0.5, 0.6) is 0 Å². The molecule has 2 aromatic rings. The Morgan fingerprint density at radius 1 is 1.11 bits per heavy atom. The van der Waals surface area contributed by atoms with E-state index in [0.29, 0.717) is 6.07 Å². The van der Waals surface area contributed by atoms with Crippen molar-refractivity contribution in [2.24, 2.45) is 0 Å². The summed E-state index contributed by atoms with van der Waals surface area (Å²) < 4.78 is 53.6. The average molecular weight is 399 g/mol. The fourth-order valence-corrected chi connectivity index (χ4v) is 3.96. The van der Waals surface area contributed by atoms with Crippen LogP contribution in [0.4, 0.5) is 14.5 Å². The Labute approximate surface area is 155 Å². The summed E-state index contributed by atoms with van der Waals surface area (Å²) in [5, 5.41) is 2.26. The number of halogens is 2. The Morgan fingerprint density at radius 2 is 1.70 bits per heavy atom. The van der Waals surface area contributed by atoms with Crippen molar-refractivity contribution in [3.8, 4) is 0 Å². The van der Waals surface area contributed by atoms with Gasteiger partial charge in [-0.25, -0.2) is 17.2 Å². The van der Waals surface area contributed by atoms with Crippen molar-refractivity contribution in [3.63, 3.8) is 0 Å². The van der Waals surface area contributed by atoms with E-state index in [2.05, 4.69) is 5.32 Å². The standard InChI is InChI=1S/C17H19F2N3O4S/c1-3-22(4-2)27(25,26)15-5-6-17(24)21(10-15)11-16(23)20-14-8-12(18)7-13(19)9-14/h5-10H,3-4,11H2,1-2H3,(H,20,23). The first-order valence-electron chi connectivity index (χ1n) is 8.14. The maximum atomic E-state index is 13.2. The molecule has 1 aromatic carbocycles. The summed E-state index contributed by atoms with van der Waals surface area (Å²) in [7, 11) is -3.80. The van der Waals surface area contributed by atoms with Crippen LogP contribution in [0, 0.1) is 11.6 Å². The van der Waals surface area contributed by atoms with Crippen LogP contribution in [-0.2, 0) is 21.4 Å². The SMILES string of the molecule is CCN(CC)S(=O)(=O)c1ccc(=O)n(CC(=O)Nc2cc(F)cc(F)c2)c1. The molecule has 2 rings (SSSR count). The molecule has 1 heterocycles. The first kappa shape index (κ1) is 20.7. The number of anilines is 1. The lowest BCUT2D eigenvalue weighted by molar-refractivity contribution is -0.116. The number of nitrogens with one attached hydrogen (secondary N) is 1. The number of amides is 1. The Bertz CT molecular complexity index is 981. The van der Waals surface area contributed by atoms with Crippen molar-refractivity contribution in [1.29, 1.82) is 0 Å². The highest BCUT2D eigenvalue weighted by Gasteiger charge is 2.22. The largest absolute Gasteiger partial charge is 0.324 e. The zero-order valence-corrected chi connectivity index (χ0v) is 15.6. The highest BCUT2D eigenvalue weighted by molar-refractivity contribution is 7.89. The average Bonchev–Trinajstić information content (AvgIpc) is 2.56. The molecule has 0 saturated heterocycles. The first-order chi connectivity index (χ1) is 12.7. The predicted octanol–water partition coefficient (Wildman–Crippen LogP) is 1.80. The van der Waals surface area contributed by atoms with Crippen molar-refractivity contribution < 1.29 is 22.0 Å². The number of carbonyl (C=O) groups is 1. The molecule has 1 aromatic heterocycles. The van der Waals surface area contributed by atoms with Gasteiger partial charge in [0.15, 0.2) is 0 Å². The summed E-state index contributed by atoms with van der Waals surface area (Å²) in [4.78, 5) is 23.9. The van der Waals surface area contributed by atoms with E-state index in [1.807, 2.05) is 0 Å². The number of sulfonamides is 1. The van der Waals surface area contributed by atoms with Gasteiger partial charge in [-0.2, -0.15) is 4.31 Å². The van der Waals surface area contributed by atoms with Crippen LogP contribution in [0.3, 0.4) is 0 Å². The molecule has 10 heteroatoms. The van der Waals surface area contributed by atoms with Gasteiger partial charge in [-0.15, -0.1) is 0 Å². The van der Waals surface area contributed by atoms with Crippen molar-refractivity contribution in [3.05, 3.63) is 58.5 Å². The minimum atomic E-state index is -3.80. The van der Waals surface area contributed by atoms with Crippen LogP contribution in [0.15, 0.2) is 46.2 Å². The topological polar surface area (TPSA) is 88.5 Å². The molecule has 27 heavy (non-hydrogen) atoms. The van der Waals surface area contributed by atoms with Crippen molar-refractivity contribution in [2.75, 3.05) is 18.4 Å². The van der Waals surface area contributed by atoms with E-state index in [9.17, 15) is 26.8 Å². The number of hydrogen-bond donors (Lipinski definition) is 1. The van der Waals surface area contributed by atoms with Gasteiger partial charge in [0, 0.05) is 37.1 Å². The number of hydrogen-bond acceptors (Lipinski definition) is 4. The van der Waals surface area contributed by atoms with Crippen molar-refractivity contribution in [1.82, 2.24) is 8.87 Å². The molecule has 0 atom stereocenters. The fourth-order valence-electron chi connectivity index (χ4n) is 2.48. The van der Waals surface area contributed by atoms with E-state index in [1.54, 1.807) is 13.8 Å². The van der Waals surface area contributed by atoms with E-state index in [0.717, 1.165) is 29.0 Å². The summed E-state index contributed by atoms with van der Waals surface area (Å²) in [6, 6.07) is 4.72. The summed E-state index contributed by atoms with van der Waals surface area (Å²) in [6.07, 6.45) is 1.07. The summed E-state index contributed by atoms with van der Waals surface area (Å²) >= 11 is 0. The highest BCUT2D eigenvalue weighted by Crippen LogP contribution is 2.15. The van der Waals surface area contributed by atoms with E-state index < -0.39 is 39.7 Å². The monoisotopic (exact) mass is 399 g/mol. The molecule has 0 spiro atoms. The maximum Gasteiger partial charge on any atom is 0.251 e. The molecule has 0 saturated carbocycles. The molecule has 0 bridgehead atoms. The van der Waals surface area contributed by atoms with Crippen LogP contribution in [0.25, 0.3) is 0 Å². The van der Waals surface area contributed by atoms with Crippen LogP contribution in [-0.4, -0.2) is 36.3 Å². The molecular weight excluding hydrogens is 380 g/mol. The first-order valence-corrected chi connectivity index (χ1v) is 9.58. The second-order valence-electron chi connectivity index (χ2n) is 5.63. The predicted molar refractivity (Wildman–Crippen MR) is 95.8 cm³/mol. The number of rotatable bonds is 7. The molecular formula is C17H19F2N3O4S. The highest BCUT2D eigenvalue weighted by atomic mass is 32.2. The van der Waals surface area contributed by atoms with Crippen molar-refractivity contribution >= 4 is 21.6 Å². The number of carbonyl (C=O) groups excluding carboxylic acids is 1. The van der Waals surface area contributed by atoms with E-state index >= 15 is 0 Å². The minimum absolute atomic E-state index is 0.113. The lowest BCUT2D eigenvalue weighted by atomic mass is 10.3. The van der Waals surface area contributed by atoms with Gasteiger partial charge in [0.25, 0.3) is 5.56 Å². The van der Waals surface area contributed by atoms with E-state index in [4.69, 9.17) is 0 Å². The van der Waals surface area contributed by atoms with Gasteiger partial charge in [-0.3, -0.25) is 9.59 Å². The van der Waals surface area contributed by atoms with Crippen LogP contribution >= 0.6 is 0 Å². The van der Waals surface area contributed by atoms with Gasteiger partial charge in [-0.1, -0.05) is 13.8 Å². The zero-order valence-electron chi connectivity index (χ0n) is 14.8. The summed E-state index contributed by atoms with van der Waals surface area (Å²) in [5.74, 6) is -2.47. The van der Waals surface area contributed by atoms with Crippen LogP contribution in [0.2, 0.25) is 0 Å². The molecule has 146 valence electrons. The molecule has 1 amide bonds. The minimum Gasteiger partial charge on any atom is -0.324 e. The molecule has 0 unspecified atom stereocenters. The lowest BCUT2D eigenvalue weighted by Crippen LogP contribution is -2.33. The van der Waals surface area contributed by atoms with E-state index in [1.165, 1.54) is 10.4 Å². The molecule has 0 fully saturated rings. The Balaban J connectivity index is 2.26. The molecule has 7 nitrogen and oxygen atoms in total. The van der Waals surface area contributed by atoms with Gasteiger partial charge in [0.2, 0.25) is 15.9 Å². The third-order valence-electron chi connectivity index (χ3n) is 3.76. The molecule has 0 radical (unpaired) electrons. The number of aromatic nitrogens is 1. The van der Waals surface area contributed by atoms with Crippen LogP contribution in [0.1, 0.15) is 13.8 Å². The summed E-state index contributed by atoms with van der Waals surface area (Å²) in [6.45, 7) is 3.36. The van der Waals surface area contributed by atoms with Crippen molar-refractivity contribution in [2.45, 2.75) is 25.3 Å². The van der Waals surface area contributed by atoms with Gasteiger partial charge in [0.1, 0.15) is 18.2 Å². The van der Waals surface area contributed by atoms with E-state index in [-0.39, 0.29) is 23.7 Å². The molecule has 1 N–H and O–H groups in total. The zero-order chi connectivity index (χ0) is 20.2. The molecule has 0 aliphatic heterocycles. The van der Waals surface area contributed by atoms with Gasteiger partial charge in [0.05, 0.1) is 4.90 Å². The molecule has 0 aliphatic rings. The number of benzene rings is 1. The lowest BCUT2D eigenvalue weighted by Gasteiger charge is -2.19. The quantitative estimate of drug-likeness (QED) is 0.769. The normalized spacial score (nSPS) is 11.6. The Hall–Kier alpha value is -2.59. The smallest absolute Gasteiger partial charge is 0.251 e. The second-order valence-corrected chi connectivity index (χ2v) is 7.56. The number of pyridine rings is 1. The van der Waals surface area contributed by atoms with Crippen LogP contribution < -0.4 is 10.9 Å². The second kappa shape index (κ2) is 8.40. The number of nitrogens with zero attached hydrogens (tertiary/aromatic N) is 2. The van der Waals surface area contributed by atoms with Gasteiger partial charge >= 0.3 is 0 Å². The van der Waals surface area contributed by atoms with Gasteiger partial charge < -0.3 is 9.88 Å². The molecule has 0 aliphatic carbocycles. The summed E-state index contributed by atoms with van der Waals surface area (Å²) in [5.41, 5.74) is -0.702. The third kappa shape index (κ3) is 4.98. The third-order valence-corrected chi connectivity index (χ3v) is 5.79. The maximum absolute atomic E-state index is 13.2. The van der Waals surface area contributed by atoms with Gasteiger partial charge in [-0.05, 0) is 18.2 Å². The Morgan fingerprint density at radius 3 is 2.26 bits per heavy atom. The fraction of sp³-hybridized carbons (Fsp3) is 0.294.